The van der Waals surface area contributed by atoms with Gasteiger partial charge in [-0.2, -0.15) is 0 Å². The summed E-state index contributed by atoms with van der Waals surface area (Å²) in [4.78, 5) is 42.4. The van der Waals surface area contributed by atoms with Gasteiger partial charge in [0.05, 0.1) is 0 Å². The van der Waals surface area contributed by atoms with Gasteiger partial charge in [0.2, 0.25) is 0 Å². The first-order valence-electron chi connectivity index (χ1n) is 6.58. The first kappa shape index (κ1) is 19.5. The van der Waals surface area contributed by atoms with E-state index in [9.17, 15) is 29.8 Å². The molecule has 12 heteroatoms. The average molecular weight is 490 g/mol. The number of nitro groups is 2. The quantitative estimate of drug-likeness (QED) is 0.316. The number of hydrogen-bond donors (Lipinski definition) is 2. The Morgan fingerprint density at radius 2 is 1.12 bits per heavy atom. The van der Waals surface area contributed by atoms with Crippen molar-refractivity contribution in [1.82, 2.24) is 0 Å². The van der Waals surface area contributed by atoms with Crippen LogP contribution >= 0.6 is 0 Å². The van der Waals surface area contributed by atoms with E-state index in [4.69, 9.17) is 10.2 Å². The Balaban J connectivity index is 2.26. The van der Waals surface area contributed by atoms with Gasteiger partial charge in [0, 0.05) is 0 Å². The zero-order valence-corrected chi connectivity index (χ0v) is 15.9. The van der Waals surface area contributed by atoms with E-state index in [2.05, 4.69) is 0 Å². The first-order chi connectivity index (χ1) is 12.2. The summed E-state index contributed by atoms with van der Waals surface area (Å²) < 4.78 is 1.19. The van der Waals surface area contributed by atoms with Crippen LogP contribution in [0.4, 0.5) is 11.4 Å². The molecular weight excluding hydrogens is 482 g/mol. The molecule has 0 aromatic heterocycles. The van der Waals surface area contributed by atoms with Crippen LogP contribution in [0, 0.1) is 20.2 Å². The number of hydrogen-bond acceptors (Lipinski definition) is 6. The van der Waals surface area contributed by atoms with Crippen molar-refractivity contribution >= 4 is 58.5 Å². The molecule has 0 spiro atoms. The number of carboxylic acids is 2. The minimum atomic E-state index is -1.41. The van der Waals surface area contributed by atoms with E-state index in [0.29, 0.717) is 8.92 Å². The van der Waals surface area contributed by atoms with Gasteiger partial charge in [0.1, 0.15) is 0 Å². The number of carbonyl (C=O) groups is 2. The summed E-state index contributed by atoms with van der Waals surface area (Å²) in [5, 5.41) is 39.9. The second-order valence-corrected chi connectivity index (χ2v) is 11.0. The number of nitro benzene ring substituents is 2. The van der Waals surface area contributed by atoms with Crippen LogP contribution < -0.4 is 8.92 Å². The summed E-state index contributed by atoms with van der Waals surface area (Å²) in [7, 11) is 0. The van der Waals surface area contributed by atoms with Crippen molar-refractivity contribution in [2.75, 3.05) is 0 Å². The van der Waals surface area contributed by atoms with Crippen LogP contribution in [0.15, 0.2) is 36.4 Å². The number of aromatic carboxylic acids is 2. The standard InChI is InChI=1S/C14H8N2O8Se2/c17-13(18)9-5-7(1-3-11(9)15(21)22)25-26-8-2-4-12(16(23)24)10(6-8)14(19)20/h1-6H,(H,17,18)(H,19,20). The van der Waals surface area contributed by atoms with Crippen molar-refractivity contribution < 1.29 is 29.6 Å². The minimum absolute atomic E-state index is 0.293. The molecule has 2 aromatic rings. The third kappa shape index (κ3) is 4.44. The fourth-order valence-electron chi connectivity index (χ4n) is 1.89. The van der Waals surface area contributed by atoms with Crippen LogP contribution in [0.1, 0.15) is 20.7 Å². The van der Waals surface area contributed by atoms with E-state index in [1.165, 1.54) is 24.3 Å². The van der Waals surface area contributed by atoms with Crippen LogP contribution in [-0.2, 0) is 0 Å². The number of carboxylic acid groups (broad SMARTS) is 2. The van der Waals surface area contributed by atoms with Crippen molar-refractivity contribution in [2.45, 2.75) is 0 Å². The molecule has 0 amide bonds. The van der Waals surface area contributed by atoms with Crippen LogP contribution in [-0.4, -0.2) is 58.3 Å². The topological polar surface area (TPSA) is 161 Å². The van der Waals surface area contributed by atoms with Gasteiger partial charge in [0.15, 0.2) is 0 Å². The van der Waals surface area contributed by atoms with E-state index in [1.807, 2.05) is 0 Å². The van der Waals surface area contributed by atoms with E-state index < -0.39 is 44.3 Å². The molecule has 2 N–H and O–H groups in total. The molecule has 0 atom stereocenters. The van der Waals surface area contributed by atoms with Crippen LogP contribution in [0.2, 0.25) is 0 Å². The summed E-state index contributed by atoms with van der Waals surface area (Å²) in [5.74, 6) is -2.82. The van der Waals surface area contributed by atoms with E-state index in [0.717, 1.165) is 12.1 Å². The Morgan fingerprint density at radius 3 is 1.38 bits per heavy atom. The van der Waals surface area contributed by atoms with Crippen LogP contribution in [0.3, 0.4) is 0 Å². The predicted octanol–water partition coefficient (Wildman–Crippen LogP) is 0.174. The molecule has 134 valence electrons. The van der Waals surface area contributed by atoms with Gasteiger partial charge in [-0.25, -0.2) is 0 Å². The molecule has 0 bridgehead atoms. The van der Waals surface area contributed by atoms with Gasteiger partial charge in [-0.15, -0.1) is 0 Å². The molecule has 0 aliphatic rings. The monoisotopic (exact) mass is 492 g/mol. The number of rotatable bonds is 7. The molecule has 0 saturated carbocycles. The average Bonchev–Trinajstić information content (AvgIpc) is 2.59. The third-order valence-corrected chi connectivity index (χ3v) is 10.2. The van der Waals surface area contributed by atoms with Crippen molar-refractivity contribution in [3.63, 3.8) is 0 Å². The maximum absolute atomic E-state index is 11.2. The molecule has 10 nitrogen and oxygen atoms in total. The van der Waals surface area contributed by atoms with Crippen molar-refractivity contribution in [3.05, 3.63) is 67.8 Å². The summed E-state index contributed by atoms with van der Waals surface area (Å²) >= 11 is -0.587. The predicted molar refractivity (Wildman–Crippen MR) is 90.9 cm³/mol. The molecule has 26 heavy (non-hydrogen) atoms. The zero-order chi connectivity index (χ0) is 19.4. The summed E-state index contributed by atoms with van der Waals surface area (Å²) in [6, 6.07) is 7.60. The third-order valence-electron chi connectivity index (χ3n) is 3.02. The van der Waals surface area contributed by atoms with Gasteiger partial charge in [-0.3, -0.25) is 0 Å². The maximum atomic E-state index is 11.2. The molecule has 2 aromatic carbocycles. The normalized spacial score (nSPS) is 10.3. The van der Waals surface area contributed by atoms with Gasteiger partial charge >= 0.3 is 156 Å². The van der Waals surface area contributed by atoms with Crippen molar-refractivity contribution in [1.29, 1.82) is 0 Å². The van der Waals surface area contributed by atoms with E-state index >= 15 is 0 Å². The number of nitrogens with zero attached hydrogens (tertiary/aromatic N) is 2. The van der Waals surface area contributed by atoms with Gasteiger partial charge in [0.25, 0.3) is 0 Å². The second kappa shape index (κ2) is 8.07. The molecule has 0 radical (unpaired) electrons. The molecule has 2 rings (SSSR count). The van der Waals surface area contributed by atoms with Crippen molar-refractivity contribution in [3.8, 4) is 0 Å². The molecule has 0 unspecified atom stereocenters. The summed E-state index contributed by atoms with van der Waals surface area (Å²) in [5.41, 5.74) is -1.85. The molecule has 0 aliphatic carbocycles. The van der Waals surface area contributed by atoms with E-state index in [-0.39, 0.29) is 26.3 Å². The molecule has 0 fully saturated rings. The van der Waals surface area contributed by atoms with Crippen molar-refractivity contribution in [2.24, 2.45) is 0 Å². The van der Waals surface area contributed by atoms with Gasteiger partial charge < -0.3 is 0 Å². The Labute approximate surface area is 156 Å². The Kier molecular flexibility index (Phi) is 6.06. The van der Waals surface area contributed by atoms with Crippen LogP contribution in [0.5, 0.6) is 0 Å². The SMILES string of the molecule is O=C(O)c1cc([Se][Se]c2ccc([N+](=O)[O-])c(C(=O)O)c2)ccc1[N+](=O)[O-]. The fourth-order valence-corrected chi connectivity index (χ4v) is 7.87. The van der Waals surface area contributed by atoms with Gasteiger partial charge in [-0.1, -0.05) is 0 Å². The Hall–Kier alpha value is -2.78. The van der Waals surface area contributed by atoms with Gasteiger partial charge in [-0.05, 0) is 0 Å². The number of benzene rings is 2. The van der Waals surface area contributed by atoms with E-state index in [1.54, 1.807) is 0 Å². The molecule has 0 saturated heterocycles. The second-order valence-electron chi connectivity index (χ2n) is 4.65. The fraction of sp³-hybridized carbons (Fsp3) is 0. The van der Waals surface area contributed by atoms with Crippen LogP contribution in [0.25, 0.3) is 0 Å². The summed E-state index contributed by atoms with van der Waals surface area (Å²) in [6.45, 7) is 0. The molecule has 0 aliphatic heterocycles. The summed E-state index contributed by atoms with van der Waals surface area (Å²) in [6.07, 6.45) is 0. The Morgan fingerprint density at radius 1 is 0.769 bits per heavy atom. The molecular formula is C14H8N2O8Se2. The Bertz CT molecular complexity index is 856. The first-order valence-corrected chi connectivity index (χ1v) is 12.6. The molecule has 0 heterocycles. The zero-order valence-electron chi connectivity index (χ0n) is 12.5.